The molecule has 1 aliphatic heterocycles. The van der Waals surface area contributed by atoms with Crippen LogP contribution in [0.25, 0.3) is 0 Å². The number of rotatable bonds is 5. The number of nitrogens with one attached hydrogen (secondary N) is 2. The van der Waals surface area contributed by atoms with Crippen molar-refractivity contribution in [2.45, 2.75) is 31.8 Å². The van der Waals surface area contributed by atoms with Crippen LogP contribution < -0.4 is 15.4 Å². The van der Waals surface area contributed by atoms with Crippen LogP contribution in [0.3, 0.4) is 0 Å². The largest absolute Gasteiger partial charge is 0.484 e. The van der Waals surface area contributed by atoms with Crippen molar-refractivity contribution in [3.63, 3.8) is 0 Å². The Morgan fingerprint density at radius 2 is 2.26 bits per heavy atom. The van der Waals surface area contributed by atoms with E-state index in [2.05, 4.69) is 15.4 Å². The summed E-state index contributed by atoms with van der Waals surface area (Å²) in [6, 6.07) is 5.76. The summed E-state index contributed by atoms with van der Waals surface area (Å²) in [5.74, 6) is -0.0969. The Kier molecular flexibility index (Phi) is 5.84. The van der Waals surface area contributed by atoms with Crippen molar-refractivity contribution in [2.24, 2.45) is 0 Å². The highest BCUT2D eigenvalue weighted by Crippen LogP contribution is 2.19. The van der Waals surface area contributed by atoms with Gasteiger partial charge < -0.3 is 20.1 Å². The van der Waals surface area contributed by atoms with Crippen LogP contribution in [0.15, 0.2) is 24.3 Å². The molecule has 1 aliphatic rings. The van der Waals surface area contributed by atoms with Crippen molar-refractivity contribution in [3.05, 3.63) is 29.8 Å². The molecule has 0 aliphatic carbocycles. The summed E-state index contributed by atoms with van der Waals surface area (Å²) in [5.41, 5.74) is 0.655. The summed E-state index contributed by atoms with van der Waals surface area (Å²) >= 11 is 0. The summed E-state index contributed by atoms with van der Waals surface area (Å²) in [6.45, 7) is 1.82. The number of ether oxygens (including phenoxy) is 2. The number of alkyl halides is 3. The molecule has 1 fully saturated rings. The van der Waals surface area contributed by atoms with Gasteiger partial charge in [0.1, 0.15) is 11.8 Å². The summed E-state index contributed by atoms with van der Waals surface area (Å²) in [6.07, 6.45) is -4.61. The van der Waals surface area contributed by atoms with Gasteiger partial charge in [-0.2, -0.15) is 13.2 Å². The lowest BCUT2D eigenvalue weighted by atomic mass is 10.1. The predicted octanol–water partition coefficient (Wildman–Crippen LogP) is 1.62. The third kappa shape index (κ3) is 5.72. The van der Waals surface area contributed by atoms with Gasteiger partial charge in [-0.3, -0.25) is 4.79 Å². The molecule has 0 saturated carbocycles. The maximum absolute atomic E-state index is 12.1. The normalized spacial score (nSPS) is 21.7. The topological polar surface area (TPSA) is 59.6 Å². The lowest BCUT2D eigenvalue weighted by molar-refractivity contribution is -0.153. The molecule has 0 aromatic heterocycles. The third-order valence-electron chi connectivity index (χ3n) is 3.37. The van der Waals surface area contributed by atoms with E-state index in [1.165, 1.54) is 12.1 Å². The van der Waals surface area contributed by atoms with Crippen LogP contribution in [0.5, 0.6) is 5.75 Å². The van der Waals surface area contributed by atoms with Gasteiger partial charge in [-0.05, 0) is 24.6 Å². The molecule has 128 valence electrons. The van der Waals surface area contributed by atoms with Gasteiger partial charge in [0.05, 0.1) is 12.7 Å². The highest BCUT2D eigenvalue weighted by molar-refractivity contribution is 5.82. The zero-order chi connectivity index (χ0) is 16.9. The molecule has 1 aromatic carbocycles. The summed E-state index contributed by atoms with van der Waals surface area (Å²) in [4.78, 5) is 12.1. The van der Waals surface area contributed by atoms with E-state index in [9.17, 15) is 18.0 Å². The minimum absolute atomic E-state index is 0.113. The molecular weight excluding hydrogens is 313 g/mol. The van der Waals surface area contributed by atoms with Crippen LogP contribution in [-0.4, -0.2) is 44.0 Å². The molecule has 0 spiro atoms. The van der Waals surface area contributed by atoms with E-state index >= 15 is 0 Å². The van der Waals surface area contributed by atoms with Crippen LogP contribution in [-0.2, 0) is 16.1 Å². The van der Waals surface area contributed by atoms with Gasteiger partial charge in [-0.25, -0.2) is 0 Å². The Morgan fingerprint density at radius 1 is 1.48 bits per heavy atom. The average molecular weight is 332 g/mol. The van der Waals surface area contributed by atoms with E-state index < -0.39 is 18.8 Å². The van der Waals surface area contributed by atoms with E-state index in [-0.39, 0.29) is 24.3 Å². The molecule has 2 N–H and O–H groups in total. The second-order valence-corrected chi connectivity index (χ2v) is 5.28. The van der Waals surface area contributed by atoms with Crippen LogP contribution in [0.1, 0.15) is 12.5 Å². The van der Waals surface area contributed by atoms with Gasteiger partial charge in [-0.15, -0.1) is 0 Å². The number of hydrogen-bond acceptors (Lipinski definition) is 4. The van der Waals surface area contributed by atoms with Gasteiger partial charge in [0.2, 0.25) is 5.91 Å². The van der Waals surface area contributed by atoms with Crippen LogP contribution >= 0.6 is 0 Å². The second-order valence-electron chi connectivity index (χ2n) is 5.28. The number of amides is 1. The summed E-state index contributed by atoms with van der Waals surface area (Å²) < 4.78 is 46.5. The first-order valence-electron chi connectivity index (χ1n) is 7.26. The van der Waals surface area contributed by atoms with E-state index in [0.29, 0.717) is 18.7 Å². The van der Waals surface area contributed by atoms with E-state index in [1.54, 1.807) is 12.1 Å². The molecule has 2 atom stereocenters. The van der Waals surface area contributed by atoms with Crippen molar-refractivity contribution in [3.8, 4) is 5.75 Å². The van der Waals surface area contributed by atoms with Crippen molar-refractivity contribution in [1.29, 1.82) is 0 Å². The maximum atomic E-state index is 12.1. The van der Waals surface area contributed by atoms with E-state index in [0.717, 1.165) is 0 Å². The monoisotopic (exact) mass is 332 g/mol. The highest BCUT2D eigenvalue weighted by atomic mass is 19.4. The number of morpholine rings is 1. The van der Waals surface area contributed by atoms with E-state index in [1.807, 2.05) is 6.92 Å². The molecule has 0 radical (unpaired) electrons. The molecule has 23 heavy (non-hydrogen) atoms. The molecule has 5 nitrogen and oxygen atoms in total. The zero-order valence-electron chi connectivity index (χ0n) is 12.7. The number of carbonyl (C=O) groups is 1. The Bertz CT molecular complexity index is 537. The van der Waals surface area contributed by atoms with Gasteiger partial charge in [0, 0.05) is 13.1 Å². The second kappa shape index (κ2) is 7.65. The van der Waals surface area contributed by atoms with Gasteiger partial charge in [0.15, 0.2) is 6.61 Å². The third-order valence-corrected chi connectivity index (χ3v) is 3.37. The molecular formula is C15H19F3N2O3. The molecule has 1 aromatic rings. The number of halogens is 3. The fraction of sp³-hybridized carbons (Fsp3) is 0.533. The SMILES string of the molecule is C[C@H]1OCCN[C@@H]1C(=O)NCc1cccc(OCC(F)(F)F)c1. The molecule has 1 saturated heterocycles. The van der Waals surface area contributed by atoms with Crippen LogP contribution in [0.2, 0.25) is 0 Å². The van der Waals surface area contributed by atoms with Crippen molar-refractivity contribution >= 4 is 5.91 Å². The lowest BCUT2D eigenvalue weighted by Crippen LogP contribution is -2.55. The van der Waals surface area contributed by atoms with Crippen LogP contribution in [0, 0.1) is 0 Å². The molecule has 1 amide bonds. The van der Waals surface area contributed by atoms with E-state index in [4.69, 9.17) is 4.74 Å². The van der Waals surface area contributed by atoms with Crippen molar-refractivity contribution in [1.82, 2.24) is 10.6 Å². The highest BCUT2D eigenvalue weighted by Gasteiger charge is 2.29. The first kappa shape index (κ1) is 17.6. The Hall–Kier alpha value is -1.80. The van der Waals surface area contributed by atoms with Crippen LogP contribution in [0.4, 0.5) is 13.2 Å². The number of hydrogen-bond donors (Lipinski definition) is 2. The fourth-order valence-corrected chi connectivity index (χ4v) is 2.24. The van der Waals surface area contributed by atoms with Crippen molar-refractivity contribution in [2.75, 3.05) is 19.8 Å². The summed E-state index contributed by atoms with van der Waals surface area (Å²) in [5, 5.41) is 5.81. The molecule has 0 bridgehead atoms. The molecule has 1 heterocycles. The zero-order valence-corrected chi connectivity index (χ0v) is 12.7. The molecule has 8 heteroatoms. The predicted molar refractivity (Wildman–Crippen MR) is 77.0 cm³/mol. The minimum atomic E-state index is -4.38. The smallest absolute Gasteiger partial charge is 0.422 e. The Labute approximate surface area is 132 Å². The first-order chi connectivity index (χ1) is 10.8. The number of carbonyl (C=O) groups excluding carboxylic acids is 1. The minimum Gasteiger partial charge on any atom is -0.484 e. The molecule has 2 rings (SSSR count). The average Bonchev–Trinajstić information content (AvgIpc) is 2.51. The number of benzene rings is 1. The fourth-order valence-electron chi connectivity index (χ4n) is 2.24. The molecule has 0 unspecified atom stereocenters. The quantitative estimate of drug-likeness (QED) is 0.860. The first-order valence-corrected chi connectivity index (χ1v) is 7.26. The maximum Gasteiger partial charge on any atom is 0.422 e. The van der Waals surface area contributed by atoms with Gasteiger partial charge in [-0.1, -0.05) is 12.1 Å². The standard InChI is InChI=1S/C15H19F3N2O3/c1-10-13(19-5-6-22-10)14(21)20-8-11-3-2-4-12(7-11)23-9-15(16,17)18/h2-4,7,10,13,19H,5-6,8-9H2,1H3,(H,20,21)/t10-,13+/m1/s1. The Balaban J connectivity index is 1.86. The van der Waals surface area contributed by atoms with Gasteiger partial charge >= 0.3 is 6.18 Å². The lowest BCUT2D eigenvalue weighted by Gasteiger charge is -2.29. The van der Waals surface area contributed by atoms with Crippen molar-refractivity contribution < 1.29 is 27.4 Å². The Morgan fingerprint density at radius 3 is 2.96 bits per heavy atom. The summed E-state index contributed by atoms with van der Waals surface area (Å²) in [7, 11) is 0. The van der Waals surface area contributed by atoms with Gasteiger partial charge in [0.25, 0.3) is 0 Å².